The third kappa shape index (κ3) is 1.86. The van der Waals surface area contributed by atoms with Gasteiger partial charge in [0.15, 0.2) is 11.7 Å². The molecule has 110 valence electrons. The molecule has 0 radical (unpaired) electrons. The van der Waals surface area contributed by atoms with Crippen LogP contribution in [0.25, 0.3) is 0 Å². The van der Waals surface area contributed by atoms with E-state index in [0.717, 1.165) is 19.3 Å². The van der Waals surface area contributed by atoms with Gasteiger partial charge in [-0.2, -0.15) is 5.10 Å². The minimum absolute atomic E-state index is 0.0377. The van der Waals surface area contributed by atoms with Crippen molar-refractivity contribution in [1.82, 2.24) is 9.97 Å². The Morgan fingerprint density at radius 2 is 2.33 bits per heavy atom. The summed E-state index contributed by atoms with van der Waals surface area (Å²) in [6, 6.07) is 0.0377. The second kappa shape index (κ2) is 4.66. The van der Waals surface area contributed by atoms with Crippen molar-refractivity contribution in [3.63, 3.8) is 0 Å². The Hall–Kier alpha value is -2.22. The first-order valence-electron chi connectivity index (χ1n) is 7.05. The van der Waals surface area contributed by atoms with Crippen LogP contribution in [-0.2, 0) is 4.74 Å². The number of oxime groups is 1. The van der Waals surface area contributed by atoms with E-state index < -0.39 is 0 Å². The van der Waals surface area contributed by atoms with E-state index in [1.165, 1.54) is 0 Å². The molecule has 21 heavy (non-hydrogen) atoms. The summed E-state index contributed by atoms with van der Waals surface area (Å²) < 4.78 is 6.02. The summed E-state index contributed by atoms with van der Waals surface area (Å²) in [7, 11) is 0. The second-order valence-electron chi connectivity index (χ2n) is 5.59. The number of hydrogen-bond donors (Lipinski definition) is 2. The number of ether oxygens (including phenoxy) is 1. The van der Waals surface area contributed by atoms with Crippen molar-refractivity contribution in [3.8, 4) is 0 Å². The van der Waals surface area contributed by atoms with Gasteiger partial charge in [-0.1, -0.05) is 5.16 Å². The predicted molar refractivity (Wildman–Crippen MR) is 75.1 cm³/mol. The van der Waals surface area contributed by atoms with Crippen molar-refractivity contribution < 1.29 is 9.94 Å². The van der Waals surface area contributed by atoms with E-state index in [4.69, 9.17) is 15.7 Å². The lowest BCUT2D eigenvalue weighted by Crippen LogP contribution is -2.48. The van der Waals surface area contributed by atoms with Gasteiger partial charge in [0, 0.05) is 18.3 Å². The lowest BCUT2D eigenvalue weighted by atomic mass is 9.86. The number of fused-ring (bicyclic) bond motifs is 4. The van der Waals surface area contributed by atoms with Gasteiger partial charge in [0.1, 0.15) is 5.71 Å². The molecule has 2 saturated heterocycles. The summed E-state index contributed by atoms with van der Waals surface area (Å²) in [5, 5.41) is 18.5. The van der Waals surface area contributed by atoms with Crippen LogP contribution in [0, 0.1) is 5.92 Å². The molecule has 0 saturated carbocycles. The molecule has 4 unspecified atom stereocenters. The maximum atomic E-state index is 8.99. The minimum Gasteiger partial charge on any atom is -0.409 e. The summed E-state index contributed by atoms with van der Waals surface area (Å²) in [5.41, 5.74) is 6.42. The van der Waals surface area contributed by atoms with Gasteiger partial charge in [0.05, 0.1) is 24.4 Å². The summed E-state index contributed by atoms with van der Waals surface area (Å²) in [6.07, 6.45) is 8.15. The van der Waals surface area contributed by atoms with Crippen molar-refractivity contribution in [2.45, 2.75) is 37.5 Å². The third-order valence-corrected chi connectivity index (χ3v) is 4.45. The van der Waals surface area contributed by atoms with Crippen LogP contribution in [0.1, 0.15) is 19.3 Å². The van der Waals surface area contributed by atoms with Gasteiger partial charge in [-0.25, -0.2) is 9.99 Å². The lowest BCUT2D eigenvalue weighted by Gasteiger charge is -2.35. The Bertz CT molecular complexity index is 604. The van der Waals surface area contributed by atoms with Crippen LogP contribution in [0.15, 0.2) is 28.8 Å². The van der Waals surface area contributed by atoms with E-state index >= 15 is 0 Å². The molecule has 2 fully saturated rings. The molecule has 8 heteroatoms. The van der Waals surface area contributed by atoms with Crippen molar-refractivity contribution in [1.29, 1.82) is 0 Å². The molecule has 0 amide bonds. The molecule has 0 aliphatic carbocycles. The molecule has 1 aromatic heterocycles. The average Bonchev–Trinajstić information content (AvgIpc) is 3.10. The zero-order valence-corrected chi connectivity index (χ0v) is 11.3. The van der Waals surface area contributed by atoms with Gasteiger partial charge >= 0.3 is 0 Å². The van der Waals surface area contributed by atoms with Crippen LogP contribution in [0.5, 0.6) is 0 Å². The van der Waals surface area contributed by atoms with E-state index in [0.29, 0.717) is 11.5 Å². The molecule has 0 spiro atoms. The summed E-state index contributed by atoms with van der Waals surface area (Å²) in [6.45, 7) is 0. The van der Waals surface area contributed by atoms with Gasteiger partial charge in [-0.05, 0) is 19.3 Å². The van der Waals surface area contributed by atoms with Crippen molar-refractivity contribution >= 4 is 17.4 Å². The van der Waals surface area contributed by atoms with E-state index in [1.54, 1.807) is 18.6 Å². The fourth-order valence-corrected chi connectivity index (χ4v) is 3.60. The number of hydrazone groups is 1. The van der Waals surface area contributed by atoms with Gasteiger partial charge < -0.3 is 15.7 Å². The molecule has 4 rings (SSSR count). The molecule has 3 aliphatic rings. The van der Waals surface area contributed by atoms with E-state index in [-0.39, 0.29) is 30.0 Å². The Morgan fingerprint density at radius 1 is 1.43 bits per heavy atom. The highest BCUT2D eigenvalue weighted by molar-refractivity contribution is 6.42. The standard InChI is InChI=1S/C13H16N6O2/c14-13(18-20)11-8-5-7-1-2-9(21-7)12(8)19(17-11)10-6-15-3-4-16-10/h3-4,6-9,12,20H,1-2,5H2,(H2,14,18). The van der Waals surface area contributed by atoms with Gasteiger partial charge in [0.25, 0.3) is 0 Å². The van der Waals surface area contributed by atoms with Crippen LogP contribution >= 0.6 is 0 Å². The molecule has 0 aromatic carbocycles. The van der Waals surface area contributed by atoms with Crippen molar-refractivity contribution in [2.24, 2.45) is 21.9 Å². The summed E-state index contributed by atoms with van der Waals surface area (Å²) >= 11 is 0. The van der Waals surface area contributed by atoms with E-state index in [9.17, 15) is 0 Å². The monoisotopic (exact) mass is 288 g/mol. The zero-order valence-electron chi connectivity index (χ0n) is 11.3. The number of hydrogen-bond acceptors (Lipinski definition) is 7. The molecule has 3 aliphatic heterocycles. The maximum absolute atomic E-state index is 8.99. The molecule has 4 atom stereocenters. The Morgan fingerprint density at radius 3 is 3.10 bits per heavy atom. The van der Waals surface area contributed by atoms with Gasteiger partial charge in [-0.3, -0.25) is 4.98 Å². The maximum Gasteiger partial charge on any atom is 0.186 e. The number of amidine groups is 1. The Kier molecular flexibility index (Phi) is 2.78. The highest BCUT2D eigenvalue weighted by Gasteiger charge is 2.52. The quantitative estimate of drug-likeness (QED) is 0.351. The summed E-state index contributed by atoms with van der Waals surface area (Å²) in [4.78, 5) is 8.40. The Balaban J connectivity index is 1.76. The Labute approximate surface area is 121 Å². The number of anilines is 1. The first-order valence-corrected chi connectivity index (χ1v) is 7.05. The van der Waals surface area contributed by atoms with Crippen LogP contribution < -0.4 is 10.7 Å². The third-order valence-electron chi connectivity index (χ3n) is 4.45. The van der Waals surface area contributed by atoms with E-state index in [2.05, 4.69) is 20.2 Å². The first-order chi connectivity index (χ1) is 10.3. The van der Waals surface area contributed by atoms with Crippen LogP contribution in [0.4, 0.5) is 5.82 Å². The SMILES string of the molecule is NC(=NO)C1=NN(c2cnccn2)C2C3CCC(CC12)O3. The highest BCUT2D eigenvalue weighted by Crippen LogP contribution is 2.43. The topological polar surface area (TPSA) is 109 Å². The molecular formula is C13H16N6O2. The molecular weight excluding hydrogens is 272 g/mol. The molecule has 1 aromatic rings. The fraction of sp³-hybridized carbons (Fsp3) is 0.538. The molecule has 8 nitrogen and oxygen atoms in total. The number of nitrogens with zero attached hydrogens (tertiary/aromatic N) is 5. The van der Waals surface area contributed by atoms with Crippen molar-refractivity contribution in [3.05, 3.63) is 18.6 Å². The number of rotatable bonds is 2. The normalized spacial score (nSPS) is 34.8. The fourth-order valence-electron chi connectivity index (χ4n) is 3.60. The number of aromatic nitrogens is 2. The second-order valence-corrected chi connectivity index (χ2v) is 5.59. The molecule has 4 heterocycles. The van der Waals surface area contributed by atoms with Crippen LogP contribution in [0.2, 0.25) is 0 Å². The zero-order chi connectivity index (χ0) is 14.4. The van der Waals surface area contributed by atoms with Crippen molar-refractivity contribution in [2.75, 3.05) is 5.01 Å². The first kappa shape index (κ1) is 12.5. The van der Waals surface area contributed by atoms with Gasteiger partial charge in [0.2, 0.25) is 0 Å². The average molecular weight is 288 g/mol. The predicted octanol–water partition coefficient (Wildman–Crippen LogP) is 0.335. The smallest absolute Gasteiger partial charge is 0.186 e. The lowest BCUT2D eigenvalue weighted by molar-refractivity contribution is -0.0183. The highest BCUT2D eigenvalue weighted by atomic mass is 16.5. The van der Waals surface area contributed by atoms with Gasteiger partial charge in [-0.15, -0.1) is 0 Å². The van der Waals surface area contributed by atoms with E-state index in [1.807, 2.05) is 5.01 Å². The van der Waals surface area contributed by atoms with Crippen LogP contribution in [-0.4, -0.2) is 45.0 Å². The molecule has 2 bridgehead atoms. The minimum atomic E-state index is 0.0377. The largest absolute Gasteiger partial charge is 0.409 e. The molecule has 3 N–H and O–H groups in total. The number of nitrogens with two attached hydrogens (primary N) is 1. The van der Waals surface area contributed by atoms with Crippen LogP contribution in [0.3, 0.4) is 0 Å². The summed E-state index contributed by atoms with van der Waals surface area (Å²) in [5.74, 6) is 0.828.